The summed E-state index contributed by atoms with van der Waals surface area (Å²) in [5.74, 6) is -0.303. The zero-order chi connectivity index (χ0) is 12.4. The van der Waals surface area contributed by atoms with Gasteiger partial charge in [0.2, 0.25) is 0 Å². The molecule has 1 fully saturated rings. The number of hydrogen-bond donors (Lipinski definition) is 2. The molecule has 1 aromatic rings. The van der Waals surface area contributed by atoms with Crippen molar-refractivity contribution in [3.8, 4) is 0 Å². The Hall–Kier alpha value is -1.34. The predicted molar refractivity (Wildman–Crippen MR) is 67.3 cm³/mol. The summed E-state index contributed by atoms with van der Waals surface area (Å²) in [6.45, 7) is 4.20. The van der Waals surface area contributed by atoms with Gasteiger partial charge in [0.1, 0.15) is 10.6 Å². The average molecular weight is 256 g/mol. The Morgan fingerprint density at radius 3 is 3.12 bits per heavy atom. The van der Waals surface area contributed by atoms with Gasteiger partial charge in [-0.2, -0.15) is 4.37 Å². The van der Waals surface area contributed by atoms with Crippen LogP contribution in [-0.4, -0.2) is 36.1 Å². The highest BCUT2D eigenvalue weighted by Crippen LogP contribution is 2.31. The van der Waals surface area contributed by atoms with Gasteiger partial charge in [0.25, 0.3) is 5.91 Å². The fourth-order valence-electron chi connectivity index (χ4n) is 1.89. The molecule has 0 spiro atoms. The summed E-state index contributed by atoms with van der Waals surface area (Å²) in [5.41, 5.74) is 11.3. The number of anilines is 2. The maximum absolute atomic E-state index is 11.3. The molecule has 1 unspecified atom stereocenters. The first kappa shape index (κ1) is 12.1. The summed E-state index contributed by atoms with van der Waals surface area (Å²) in [6.07, 6.45) is 1.13. The summed E-state index contributed by atoms with van der Waals surface area (Å²) < 4.78 is 9.58. The van der Waals surface area contributed by atoms with Crippen LogP contribution < -0.4 is 16.4 Å². The van der Waals surface area contributed by atoms with Crippen molar-refractivity contribution in [3.05, 3.63) is 5.56 Å². The number of morpholine rings is 1. The Morgan fingerprint density at radius 1 is 1.71 bits per heavy atom. The van der Waals surface area contributed by atoms with Crippen LogP contribution in [0.15, 0.2) is 0 Å². The van der Waals surface area contributed by atoms with E-state index in [4.69, 9.17) is 16.2 Å². The summed E-state index contributed by atoms with van der Waals surface area (Å²) in [7, 11) is 0. The Balaban J connectivity index is 2.24. The molecule has 0 bridgehead atoms. The van der Waals surface area contributed by atoms with E-state index in [1.54, 1.807) is 0 Å². The Bertz CT molecular complexity index is 420. The first-order valence-corrected chi connectivity index (χ1v) is 6.32. The number of carbonyl (C=O) groups excluding carboxylic acids is 1. The van der Waals surface area contributed by atoms with E-state index in [1.165, 1.54) is 11.5 Å². The third-order valence-electron chi connectivity index (χ3n) is 2.83. The van der Waals surface area contributed by atoms with Gasteiger partial charge in [0.05, 0.1) is 12.7 Å². The molecular formula is C10H16N4O2S. The number of nitrogens with zero attached hydrogens (tertiary/aromatic N) is 2. The number of carbonyl (C=O) groups is 1. The van der Waals surface area contributed by atoms with E-state index < -0.39 is 5.91 Å². The molecular weight excluding hydrogens is 240 g/mol. The van der Waals surface area contributed by atoms with Gasteiger partial charge in [-0.05, 0) is 18.0 Å². The molecule has 0 aromatic carbocycles. The molecule has 2 heterocycles. The van der Waals surface area contributed by atoms with Crippen molar-refractivity contribution in [2.45, 2.75) is 19.4 Å². The third kappa shape index (κ3) is 2.34. The number of nitrogen functional groups attached to an aromatic ring is 1. The molecule has 6 nitrogen and oxygen atoms in total. The molecule has 1 amide bonds. The van der Waals surface area contributed by atoms with Crippen LogP contribution in [0.1, 0.15) is 23.7 Å². The van der Waals surface area contributed by atoms with Gasteiger partial charge in [0, 0.05) is 13.1 Å². The van der Waals surface area contributed by atoms with Crippen LogP contribution >= 0.6 is 11.5 Å². The smallest absolute Gasteiger partial charge is 0.255 e. The number of rotatable bonds is 3. The molecule has 1 aromatic heterocycles. The minimum absolute atomic E-state index is 0.188. The van der Waals surface area contributed by atoms with Gasteiger partial charge >= 0.3 is 0 Å². The summed E-state index contributed by atoms with van der Waals surface area (Å²) in [4.78, 5) is 13.4. The minimum Gasteiger partial charge on any atom is -0.382 e. The highest BCUT2D eigenvalue weighted by molar-refractivity contribution is 7.11. The van der Waals surface area contributed by atoms with Crippen LogP contribution in [0.5, 0.6) is 0 Å². The van der Waals surface area contributed by atoms with E-state index >= 15 is 0 Å². The topological polar surface area (TPSA) is 94.5 Å². The van der Waals surface area contributed by atoms with Gasteiger partial charge in [-0.1, -0.05) is 6.92 Å². The molecule has 94 valence electrons. The molecule has 2 rings (SSSR count). The Morgan fingerprint density at radius 2 is 2.47 bits per heavy atom. The quantitative estimate of drug-likeness (QED) is 0.818. The summed E-state index contributed by atoms with van der Waals surface area (Å²) in [6, 6.07) is 0. The van der Waals surface area contributed by atoms with E-state index in [0.717, 1.165) is 24.5 Å². The molecule has 1 aliphatic rings. The number of hydrogen-bond acceptors (Lipinski definition) is 6. The van der Waals surface area contributed by atoms with Gasteiger partial charge in [-0.15, -0.1) is 0 Å². The van der Waals surface area contributed by atoms with E-state index in [-0.39, 0.29) is 11.9 Å². The maximum Gasteiger partial charge on any atom is 0.255 e. The highest BCUT2D eigenvalue weighted by atomic mass is 32.1. The lowest BCUT2D eigenvalue weighted by Gasteiger charge is -2.33. The van der Waals surface area contributed by atoms with Crippen LogP contribution in [-0.2, 0) is 4.74 Å². The van der Waals surface area contributed by atoms with E-state index in [2.05, 4.69) is 16.2 Å². The number of primary amides is 1. The number of ether oxygens (including phenoxy) is 1. The zero-order valence-electron chi connectivity index (χ0n) is 9.68. The highest BCUT2D eigenvalue weighted by Gasteiger charge is 2.26. The first-order chi connectivity index (χ1) is 8.13. The van der Waals surface area contributed by atoms with Crippen molar-refractivity contribution in [1.82, 2.24) is 4.37 Å². The first-order valence-electron chi connectivity index (χ1n) is 5.55. The summed E-state index contributed by atoms with van der Waals surface area (Å²) >= 11 is 1.22. The molecule has 7 heteroatoms. The molecule has 4 N–H and O–H groups in total. The van der Waals surface area contributed by atoms with E-state index in [0.29, 0.717) is 12.2 Å². The van der Waals surface area contributed by atoms with Gasteiger partial charge in [-0.25, -0.2) is 0 Å². The molecule has 1 atom stereocenters. The lowest BCUT2D eigenvalue weighted by Crippen LogP contribution is -2.42. The maximum atomic E-state index is 11.3. The average Bonchev–Trinajstić information content (AvgIpc) is 2.71. The van der Waals surface area contributed by atoms with Crippen LogP contribution in [0.25, 0.3) is 0 Å². The van der Waals surface area contributed by atoms with E-state index in [9.17, 15) is 4.79 Å². The monoisotopic (exact) mass is 256 g/mol. The fraction of sp³-hybridized carbons (Fsp3) is 0.600. The molecule has 1 saturated heterocycles. The molecule has 1 aliphatic heterocycles. The van der Waals surface area contributed by atoms with Crippen LogP contribution in [0.3, 0.4) is 0 Å². The normalized spacial score (nSPS) is 20.5. The standard InChI is InChI=1S/C10H16N4O2S/c1-2-6-5-14(3-4-16-6)10-7(9(12)15)8(11)13-17-10/h6H,2-5H2,1H3,(H2,11,13)(H2,12,15). The number of amides is 1. The lowest BCUT2D eigenvalue weighted by molar-refractivity contribution is 0.0386. The Kier molecular flexibility index (Phi) is 3.49. The second kappa shape index (κ2) is 4.89. The largest absolute Gasteiger partial charge is 0.382 e. The predicted octanol–water partition coefficient (Wildman–Crippen LogP) is 0.439. The molecule has 0 aliphatic carbocycles. The molecule has 0 radical (unpaired) electrons. The molecule has 17 heavy (non-hydrogen) atoms. The molecule has 0 saturated carbocycles. The summed E-state index contributed by atoms with van der Waals surface area (Å²) in [5, 5.41) is 0.761. The van der Waals surface area contributed by atoms with Crippen molar-refractivity contribution in [2.24, 2.45) is 5.73 Å². The SMILES string of the molecule is CCC1CN(c2snc(N)c2C(N)=O)CCO1. The van der Waals surface area contributed by atoms with Gasteiger partial charge in [-0.3, -0.25) is 4.79 Å². The van der Waals surface area contributed by atoms with Crippen LogP contribution in [0.4, 0.5) is 10.8 Å². The second-order valence-electron chi connectivity index (χ2n) is 3.96. The lowest BCUT2D eigenvalue weighted by atomic mass is 10.2. The van der Waals surface area contributed by atoms with E-state index in [1.807, 2.05) is 0 Å². The van der Waals surface area contributed by atoms with Crippen molar-refractivity contribution >= 4 is 28.3 Å². The fourth-order valence-corrected chi connectivity index (χ4v) is 2.75. The van der Waals surface area contributed by atoms with Gasteiger partial charge in [0.15, 0.2) is 5.82 Å². The van der Waals surface area contributed by atoms with Gasteiger partial charge < -0.3 is 21.1 Å². The van der Waals surface area contributed by atoms with Crippen molar-refractivity contribution in [3.63, 3.8) is 0 Å². The van der Waals surface area contributed by atoms with Crippen molar-refractivity contribution in [1.29, 1.82) is 0 Å². The Labute approximate surface area is 104 Å². The van der Waals surface area contributed by atoms with Crippen molar-refractivity contribution < 1.29 is 9.53 Å². The van der Waals surface area contributed by atoms with Crippen LogP contribution in [0, 0.1) is 0 Å². The number of aromatic nitrogens is 1. The second-order valence-corrected chi connectivity index (χ2v) is 4.71. The third-order valence-corrected chi connectivity index (χ3v) is 3.75. The minimum atomic E-state index is -0.522. The number of nitrogens with two attached hydrogens (primary N) is 2. The zero-order valence-corrected chi connectivity index (χ0v) is 10.5. The van der Waals surface area contributed by atoms with Crippen LogP contribution in [0.2, 0.25) is 0 Å². The van der Waals surface area contributed by atoms with Crippen molar-refractivity contribution in [2.75, 3.05) is 30.3 Å².